The summed E-state index contributed by atoms with van der Waals surface area (Å²) in [5, 5.41) is 2.05. The Morgan fingerprint density at radius 1 is 1.10 bits per heavy atom. The van der Waals surface area contributed by atoms with E-state index in [1.54, 1.807) is 0 Å². The molecule has 0 radical (unpaired) electrons. The van der Waals surface area contributed by atoms with Crippen LogP contribution in [0.2, 0.25) is 0 Å². The summed E-state index contributed by atoms with van der Waals surface area (Å²) in [6.45, 7) is 1.14. The van der Waals surface area contributed by atoms with Crippen molar-refractivity contribution in [3.63, 3.8) is 0 Å². The second-order valence-electron chi connectivity index (χ2n) is 4.04. The van der Waals surface area contributed by atoms with Gasteiger partial charge in [-0.05, 0) is 25.1 Å². The molecule has 0 saturated carbocycles. The Labute approximate surface area is 120 Å². The average molecular weight is 337 g/mol. The van der Waals surface area contributed by atoms with Crippen LogP contribution in [0.3, 0.4) is 0 Å². The summed E-state index contributed by atoms with van der Waals surface area (Å²) >= 11 is 0. The van der Waals surface area contributed by atoms with Crippen LogP contribution < -0.4 is 5.32 Å². The molecule has 0 heterocycles. The first kappa shape index (κ1) is 17.2. The summed E-state index contributed by atoms with van der Waals surface area (Å²) in [5.74, 6) is -1.32. The fraction of sp³-hybridized carbons (Fsp3) is 0.200. The molecule has 9 nitrogen and oxygen atoms in total. The standard InChI is InChI=1S/C10H11NO8S2/c1-6(12)4-10(13)11-8-3-2-7(20(14,15)16)5-9(8)21(17,18)19/h2-3,5H,4H2,1H3,(H,11,13)(H,14,15,16)(H,17,18,19). The van der Waals surface area contributed by atoms with E-state index in [4.69, 9.17) is 9.11 Å². The highest BCUT2D eigenvalue weighted by Crippen LogP contribution is 2.25. The Hall–Kier alpha value is -1.82. The molecule has 1 rings (SSSR count). The van der Waals surface area contributed by atoms with E-state index in [2.05, 4.69) is 5.32 Å². The molecule has 0 aliphatic rings. The lowest BCUT2D eigenvalue weighted by Gasteiger charge is -2.09. The molecule has 21 heavy (non-hydrogen) atoms. The molecule has 0 fully saturated rings. The van der Waals surface area contributed by atoms with E-state index in [-0.39, 0.29) is 0 Å². The zero-order valence-electron chi connectivity index (χ0n) is 10.6. The van der Waals surface area contributed by atoms with Crippen molar-refractivity contribution >= 4 is 37.6 Å². The third-order valence-electron chi connectivity index (χ3n) is 2.21. The van der Waals surface area contributed by atoms with Gasteiger partial charge in [0.1, 0.15) is 10.7 Å². The van der Waals surface area contributed by atoms with Crippen molar-refractivity contribution in [2.75, 3.05) is 5.32 Å². The highest BCUT2D eigenvalue weighted by molar-refractivity contribution is 7.86. The van der Waals surface area contributed by atoms with Crippen LogP contribution in [0.15, 0.2) is 28.0 Å². The van der Waals surface area contributed by atoms with Crippen LogP contribution in [-0.2, 0) is 29.8 Å². The molecule has 0 spiro atoms. The molecule has 0 aromatic heterocycles. The summed E-state index contributed by atoms with van der Waals surface area (Å²) in [6.07, 6.45) is -0.523. The molecular formula is C10H11NO8S2. The van der Waals surface area contributed by atoms with Crippen LogP contribution in [0.25, 0.3) is 0 Å². The van der Waals surface area contributed by atoms with Crippen LogP contribution in [0.4, 0.5) is 5.69 Å². The van der Waals surface area contributed by atoms with Crippen LogP contribution in [0.1, 0.15) is 13.3 Å². The predicted octanol–water partition coefficient (Wildman–Crippen LogP) is 0.0976. The van der Waals surface area contributed by atoms with E-state index in [0.717, 1.165) is 19.1 Å². The normalized spacial score (nSPS) is 12.0. The molecular weight excluding hydrogens is 326 g/mol. The van der Waals surface area contributed by atoms with Crippen LogP contribution in [0.5, 0.6) is 0 Å². The van der Waals surface area contributed by atoms with Crippen molar-refractivity contribution in [2.45, 2.75) is 23.1 Å². The number of ketones is 1. The van der Waals surface area contributed by atoms with Crippen LogP contribution in [-0.4, -0.2) is 37.6 Å². The van der Waals surface area contributed by atoms with Gasteiger partial charge in [0.15, 0.2) is 0 Å². The van der Waals surface area contributed by atoms with Gasteiger partial charge < -0.3 is 5.32 Å². The van der Waals surface area contributed by atoms with Gasteiger partial charge in [-0.2, -0.15) is 16.8 Å². The average Bonchev–Trinajstić information content (AvgIpc) is 2.24. The third-order valence-corrected chi connectivity index (χ3v) is 3.96. The van der Waals surface area contributed by atoms with Gasteiger partial charge in [0.25, 0.3) is 20.2 Å². The van der Waals surface area contributed by atoms with Crippen molar-refractivity contribution < 1.29 is 35.5 Å². The van der Waals surface area contributed by atoms with E-state index in [9.17, 15) is 26.4 Å². The lowest BCUT2D eigenvalue weighted by Crippen LogP contribution is -2.17. The van der Waals surface area contributed by atoms with Gasteiger partial charge in [-0.3, -0.25) is 18.7 Å². The topological polar surface area (TPSA) is 155 Å². The highest BCUT2D eigenvalue weighted by atomic mass is 32.2. The van der Waals surface area contributed by atoms with Gasteiger partial charge in [-0.25, -0.2) is 0 Å². The minimum Gasteiger partial charge on any atom is -0.324 e. The van der Waals surface area contributed by atoms with Gasteiger partial charge in [-0.1, -0.05) is 0 Å². The first-order chi connectivity index (χ1) is 9.41. The number of hydrogen-bond acceptors (Lipinski definition) is 6. The maximum atomic E-state index is 11.4. The molecule has 0 bridgehead atoms. The van der Waals surface area contributed by atoms with E-state index in [0.29, 0.717) is 6.07 Å². The molecule has 0 aliphatic carbocycles. The molecule has 1 amide bonds. The Bertz CT molecular complexity index is 794. The molecule has 1 aromatic carbocycles. The Balaban J connectivity index is 3.34. The first-order valence-corrected chi connectivity index (χ1v) is 8.17. The number of Topliss-reactive ketones (excluding diaryl/α,β-unsaturated/α-hetero) is 1. The van der Waals surface area contributed by atoms with Crippen molar-refractivity contribution in [3.05, 3.63) is 18.2 Å². The first-order valence-electron chi connectivity index (χ1n) is 5.29. The van der Waals surface area contributed by atoms with Crippen LogP contribution in [0, 0.1) is 0 Å². The van der Waals surface area contributed by atoms with Crippen molar-refractivity contribution in [1.29, 1.82) is 0 Å². The quantitative estimate of drug-likeness (QED) is 0.504. The van der Waals surface area contributed by atoms with Gasteiger partial charge in [-0.15, -0.1) is 0 Å². The fourth-order valence-corrected chi connectivity index (χ4v) is 2.65. The van der Waals surface area contributed by atoms with E-state index >= 15 is 0 Å². The SMILES string of the molecule is CC(=O)CC(=O)Nc1ccc(S(=O)(=O)O)cc1S(=O)(=O)O. The molecule has 0 unspecified atom stereocenters. The second-order valence-corrected chi connectivity index (χ2v) is 6.85. The maximum Gasteiger partial charge on any atom is 0.296 e. The molecule has 0 aliphatic heterocycles. The lowest BCUT2D eigenvalue weighted by atomic mass is 10.2. The molecule has 11 heteroatoms. The summed E-state index contributed by atoms with van der Waals surface area (Å²) in [5.41, 5.74) is -0.420. The minimum absolute atomic E-state index is 0.420. The number of amides is 1. The summed E-state index contributed by atoms with van der Waals surface area (Å²) < 4.78 is 62.1. The number of nitrogens with one attached hydrogen (secondary N) is 1. The number of hydrogen-bond donors (Lipinski definition) is 3. The summed E-state index contributed by atoms with van der Waals surface area (Å²) in [6, 6.07) is 2.17. The minimum atomic E-state index is -4.87. The second kappa shape index (κ2) is 5.89. The number of carbonyl (C=O) groups is 2. The van der Waals surface area contributed by atoms with Gasteiger partial charge in [0, 0.05) is 0 Å². The van der Waals surface area contributed by atoms with Crippen molar-refractivity contribution in [2.24, 2.45) is 0 Å². The fourth-order valence-electron chi connectivity index (χ4n) is 1.40. The third kappa shape index (κ3) is 4.90. The summed E-state index contributed by atoms with van der Waals surface area (Å²) in [7, 11) is -9.56. The summed E-state index contributed by atoms with van der Waals surface area (Å²) in [4.78, 5) is 20.5. The number of anilines is 1. The number of carbonyl (C=O) groups excluding carboxylic acids is 2. The van der Waals surface area contributed by atoms with Gasteiger partial charge >= 0.3 is 0 Å². The molecule has 1 aromatic rings. The zero-order chi connectivity index (χ0) is 16.4. The molecule has 116 valence electrons. The zero-order valence-corrected chi connectivity index (χ0v) is 12.2. The predicted molar refractivity (Wildman–Crippen MR) is 70.0 cm³/mol. The van der Waals surface area contributed by atoms with Gasteiger partial charge in [0.2, 0.25) is 5.91 Å². The Morgan fingerprint density at radius 2 is 1.67 bits per heavy atom. The highest BCUT2D eigenvalue weighted by Gasteiger charge is 2.21. The lowest BCUT2D eigenvalue weighted by molar-refractivity contribution is -0.124. The molecule has 0 saturated heterocycles. The number of benzene rings is 1. The molecule has 0 atom stereocenters. The van der Waals surface area contributed by atoms with E-state index in [1.807, 2.05) is 0 Å². The van der Waals surface area contributed by atoms with E-state index < -0.39 is 53.8 Å². The maximum absolute atomic E-state index is 11.4. The smallest absolute Gasteiger partial charge is 0.296 e. The Morgan fingerprint density at radius 3 is 2.10 bits per heavy atom. The largest absolute Gasteiger partial charge is 0.324 e. The van der Waals surface area contributed by atoms with Crippen molar-refractivity contribution in [1.82, 2.24) is 0 Å². The number of rotatable bonds is 5. The van der Waals surface area contributed by atoms with Crippen molar-refractivity contribution in [3.8, 4) is 0 Å². The van der Waals surface area contributed by atoms with Gasteiger partial charge in [0.05, 0.1) is 17.0 Å². The Kier molecular flexibility index (Phi) is 4.83. The van der Waals surface area contributed by atoms with Crippen LogP contribution >= 0.6 is 0 Å². The molecule has 3 N–H and O–H groups in total. The van der Waals surface area contributed by atoms with E-state index in [1.165, 1.54) is 0 Å². The monoisotopic (exact) mass is 337 g/mol.